The molecule has 0 saturated heterocycles. The van der Waals surface area contributed by atoms with Crippen LogP contribution in [-0.2, 0) is 0 Å². The van der Waals surface area contributed by atoms with E-state index in [2.05, 4.69) is 16.2 Å². The summed E-state index contributed by atoms with van der Waals surface area (Å²) in [6.45, 7) is 0. The molecule has 2 aromatic heterocycles. The summed E-state index contributed by atoms with van der Waals surface area (Å²) >= 11 is 6.12. The second kappa shape index (κ2) is 4.13. The second-order valence-corrected chi connectivity index (χ2v) is 4.14. The fourth-order valence-electron chi connectivity index (χ4n) is 1.74. The van der Waals surface area contributed by atoms with Crippen LogP contribution >= 0.6 is 11.6 Å². The Labute approximate surface area is 108 Å². The smallest absolute Gasteiger partial charge is 0.157 e. The van der Waals surface area contributed by atoms with Crippen molar-refractivity contribution in [2.75, 3.05) is 0 Å². The number of nitriles is 1. The maximum atomic E-state index is 8.76. The van der Waals surface area contributed by atoms with Gasteiger partial charge in [0.05, 0.1) is 23.5 Å². The van der Waals surface area contributed by atoms with Gasteiger partial charge in [-0.2, -0.15) is 10.4 Å². The Morgan fingerprint density at radius 3 is 2.67 bits per heavy atom. The van der Waals surface area contributed by atoms with Crippen LogP contribution in [0.25, 0.3) is 16.9 Å². The highest BCUT2D eigenvalue weighted by atomic mass is 35.5. The van der Waals surface area contributed by atoms with Crippen molar-refractivity contribution in [2.24, 2.45) is 0 Å². The van der Waals surface area contributed by atoms with Crippen LogP contribution in [0.1, 0.15) is 5.56 Å². The highest BCUT2D eigenvalue weighted by molar-refractivity contribution is 6.30. The van der Waals surface area contributed by atoms with Crippen molar-refractivity contribution in [1.82, 2.24) is 14.6 Å². The first-order valence-corrected chi connectivity index (χ1v) is 5.66. The number of nitrogens with zero attached hydrogens (tertiary/aromatic N) is 4. The van der Waals surface area contributed by atoms with Gasteiger partial charge in [0, 0.05) is 17.7 Å². The lowest BCUT2D eigenvalue weighted by Gasteiger charge is -2.03. The maximum Gasteiger partial charge on any atom is 0.157 e. The fraction of sp³-hybridized carbons (Fsp3) is 0. The van der Waals surface area contributed by atoms with Crippen molar-refractivity contribution in [3.63, 3.8) is 0 Å². The zero-order valence-electron chi connectivity index (χ0n) is 9.21. The van der Waals surface area contributed by atoms with Crippen molar-refractivity contribution < 1.29 is 0 Å². The van der Waals surface area contributed by atoms with Crippen LogP contribution in [-0.4, -0.2) is 14.6 Å². The molecule has 0 aliphatic rings. The average molecular weight is 255 g/mol. The molecule has 0 N–H and O–H groups in total. The molecule has 86 valence electrons. The largest absolute Gasteiger partial charge is 0.228 e. The summed E-state index contributed by atoms with van der Waals surface area (Å²) in [7, 11) is 0. The SMILES string of the molecule is N#Cc1ccc(-c2cc(Cl)n3nccc3n2)cc1. The molecule has 0 radical (unpaired) electrons. The van der Waals surface area contributed by atoms with Crippen LogP contribution in [0.3, 0.4) is 0 Å². The van der Waals surface area contributed by atoms with E-state index < -0.39 is 0 Å². The second-order valence-electron chi connectivity index (χ2n) is 3.75. The van der Waals surface area contributed by atoms with Gasteiger partial charge in [0.1, 0.15) is 5.15 Å². The number of aromatic nitrogens is 3. The van der Waals surface area contributed by atoms with Gasteiger partial charge in [-0.1, -0.05) is 23.7 Å². The Kier molecular flexibility index (Phi) is 2.47. The minimum Gasteiger partial charge on any atom is -0.228 e. The zero-order valence-corrected chi connectivity index (χ0v) is 9.96. The topological polar surface area (TPSA) is 54.0 Å². The van der Waals surface area contributed by atoms with Gasteiger partial charge < -0.3 is 0 Å². The predicted molar refractivity (Wildman–Crippen MR) is 68.1 cm³/mol. The summed E-state index contributed by atoms with van der Waals surface area (Å²) in [4.78, 5) is 4.45. The Morgan fingerprint density at radius 2 is 1.94 bits per heavy atom. The number of fused-ring (bicyclic) bond motifs is 1. The zero-order chi connectivity index (χ0) is 12.5. The lowest BCUT2D eigenvalue weighted by atomic mass is 10.1. The number of benzene rings is 1. The number of hydrogen-bond donors (Lipinski definition) is 0. The number of halogens is 1. The van der Waals surface area contributed by atoms with Crippen molar-refractivity contribution in [3.8, 4) is 17.3 Å². The molecule has 0 saturated carbocycles. The summed E-state index contributed by atoms with van der Waals surface area (Å²) in [6, 6.07) is 12.8. The van der Waals surface area contributed by atoms with Crippen LogP contribution in [0.15, 0.2) is 42.6 Å². The van der Waals surface area contributed by atoms with Crippen LogP contribution in [0.5, 0.6) is 0 Å². The molecule has 0 amide bonds. The monoisotopic (exact) mass is 254 g/mol. The standard InChI is InChI=1S/C13H7ClN4/c14-12-7-11(17-13-5-6-16-18(12)13)10-3-1-9(8-15)2-4-10/h1-7H. The van der Waals surface area contributed by atoms with E-state index in [-0.39, 0.29) is 0 Å². The van der Waals surface area contributed by atoms with Gasteiger partial charge in [-0.25, -0.2) is 9.50 Å². The van der Waals surface area contributed by atoms with E-state index in [0.717, 1.165) is 11.3 Å². The molecule has 2 heterocycles. The molecular formula is C13H7ClN4. The van der Waals surface area contributed by atoms with Crippen molar-refractivity contribution >= 4 is 17.2 Å². The summed E-state index contributed by atoms with van der Waals surface area (Å²) in [5, 5.41) is 13.3. The van der Waals surface area contributed by atoms with Crippen LogP contribution < -0.4 is 0 Å². The summed E-state index contributed by atoms with van der Waals surface area (Å²) < 4.78 is 1.56. The summed E-state index contributed by atoms with van der Waals surface area (Å²) in [5.74, 6) is 0. The van der Waals surface area contributed by atoms with E-state index in [1.165, 1.54) is 0 Å². The minimum atomic E-state index is 0.504. The van der Waals surface area contributed by atoms with Gasteiger partial charge in [0.15, 0.2) is 5.65 Å². The van der Waals surface area contributed by atoms with Gasteiger partial charge in [0.2, 0.25) is 0 Å². The molecule has 0 aliphatic carbocycles. The van der Waals surface area contributed by atoms with E-state index >= 15 is 0 Å². The van der Waals surface area contributed by atoms with E-state index in [1.807, 2.05) is 12.1 Å². The van der Waals surface area contributed by atoms with Gasteiger partial charge in [0.25, 0.3) is 0 Å². The number of rotatable bonds is 1. The molecule has 18 heavy (non-hydrogen) atoms. The molecule has 4 nitrogen and oxygen atoms in total. The minimum absolute atomic E-state index is 0.504. The Morgan fingerprint density at radius 1 is 1.17 bits per heavy atom. The average Bonchev–Trinajstić information content (AvgIpc) is 2.88. The molecule has 0 spiro atoms. The van der Waals surface area contributed by atoms with Gasteiger partial charge in [-0.05, 0) is 12.1 Å². The van der Waals surface area contributed by atoms with Crippen molar-refractivity contribution in [3.05, 3.63) is 53.3 Å². The third-order valence-corrected chi connectivity index (χ3v) is 2.89. The molecular weight excluding hydrogens is 248 g/mol. The van der Waals surface area contributed by atoms with Crippen molar-refractivity contribution in [2.45, 2.75) is 0 Å². The third-order valence-electron chi connectivity index (χ3n) is 2.63. The van der Waals surface area contributed by atoms with Crippen LogP contribution in [0, 0.1) is 11.3 Å². The highest BCUT2D eigenvalue weighted by Crippen LogP contribution is 2.22. The molecule has 1 aromatic carbocycles. The first kappa shape index (κ1) is 10.8. The van der Waals surface area contributed by atoms with Crippen LogP contribution in [0.4, 0.5) is 0 Å². The number of hydrogen-bond acceptors (Lipinski definition) is 3. The van der Waals surface area contributed by atoms with E-state index in [1.54, 1.807) is 35.0 Å². The molecule has 3 rings (SSSR count). The van der Waals surface area contributed by atoms with E-state index in [4.69, 9.17) is 16.9 Å². The Bertz CT molecular complexity index is 753. The molecule has 0 atom stereocenters. The van der Waals surface area contributed by atoms with Crippen molar-refractivity contribution in [1.29, 1.82) is 5.26 Å². The summed E-state index contributed by atoms with van der Waals surface area (Å²) in [6.07, 6.45) is 1.65. The lowest BCUT2D eigenvalue weighted by molar-refractivity contribution is 0.942. The quantitative estimate of drug-likeness (QED) is 0.628. The van der Waals surface area contributed by atoms with E-state index in [0.29, 0.717) is 16.4 Å². The Balaban J connectivity index is 2.15. The normalized spacial score (nSPS) is 10.4. The third kappa shape index (κ3) is 1.71. The van der Waals surface area contributed by atoms with Crippen LogP contribution in [0.2, 0.25) is 5.15 Å². The summed E-state index contributed by atoms with van der Waals surface area (Å²) in [5.41, 5.74) is 2.99. The lowest BCUT2D eigenvalue weighted by Crippen LogP contribution is -1.94. The maximum absolute atomic E-state index is 8.76. The molecule has 0 unspecified atom stereocenters. The highest BCUT2D eigenvalue weighted by Gasteiger charge is 2.06. The predicted octanol–water partition coefficient (Wildman–Crippen LogP) is 2.92. The fourth-order valence-corrected chi connectivity index (χ4v) is 1.97. The first-order valence-electron chi connectivity index (χ1n) is 5.29. The Hall–Kier alpha value is -2.38. The molecule has 0 aliphatic heterocycles. The van der Waals surface area contributed by atoms with E-state index in [9.17, 15) is 0 Å². The van der Waals surface area contributed by atoms with Gasteiger partial charge in [-0.15, -0.1) is 0 Å². The molecule has 3 aromatic rings. The van der Waals surface area contributed by atoms with Gasteiger partial charge >= 0.3 is 0 Å². The molecule has 0 fully saturated rings. The molecule has 0 bridgehead atoms. The first-order chi connectivity index (χ1) is 8.78. The van der Waals surface area contributed by atoms with Gasteiger partial charge in [-0.3, -0.25) is 0 Å². The molecule has 5 heteroatoms.